The Labute approximate surface area is 94.3 Å². The number of phenolic OH excluding ortho intramolecular Hbond substituents is 1. The van der Waals surface area contributed by atoms with E-state index in [2.05, 4.69) is 6.92 Å². The van der Waals surface area contributed by atoms with Crippen LogP contribution in [-0.2, 0) is 6.42 Å². The Kier molecular flexibility index (Phi) is 2.94. The molecule has 1 aliphatic rings. The highest BCUT2D eigenvalue weighted by Crippen LogP contribution is 2.36. The summed E-state index contributed by atoms with van der Waals surface area (Å²) in [4.78, 5) is 0. The van der Waals surface area contributed by atoms with E-state index in [1.165, 1.54) is 0 Å². The highest BCUT2D eigenvalue weighted by atomic mass is 32.2. The molecular formula is C12H16O2S. The van der Waals surface area contributed by atoms with E-state index in [0.29, 0.717) is 11.7 Å². The largest absolute Gasteiger partial charge is 0.508 e. The van der Waals surface area contributed by atoms with Gasteiger partial charge in [0, 0.05) is 17.4 Å². The molecule has 2 rings (SSSR count). The number of benzene rings is 1. The van der Waals surface area contributed by atoms with Crippen LogP contribution in [0.3, 0.4) is 0 Å². The summed E-state index contributed by atoms with van der Waals surface area (Å²) in [5.41, 5.74) is 0.421. The lowest BCUT2D eigenvalue weighted by molar-refractivity contribution is 0.0642. The summed E-state index contributed by atoms with van der Waals surface area (Å²) in [6.07, 6.45) is 1.48. The average Bonchev–Trinajstić information content (AvgIpc) is 2.45. The second-order valence-electron chi connectivity index (χ2n) is 4.40. The zero-order valence-corrected chi connectivity index (χ0v) is 9.63. The Morgan fingerprint density at radius 3 is 2.93 bits per heavy atom. The molecule has 0 bridgehead atoms. The van der Waals surface area contributed by atoms with E-state index in [1.807, 2.05) is 23.9 Å². The predicted octanol–water partition coefficient (Wildman–Crippen LogP) is 2.19. The fourth-order valence-electron chi connectivity index (χ4n) is 2.12. The van der Waals surface area contributed by atoms with Crippen LogP contribution in [0, 0.1) is 0 Å². The molecule has 1 heterocycles. The lowest BCUT2D eigenvalue weighted by atomic mass is 9.92. The van der Waals surface area contributed by atoms with E-state index in [4.69, 9.17) is 0 Å². The molecule has 2 N–H and O–H groups in total. The van der Waals surface area contributed by atoms with Crippen LogP contribution >= 0.6 is 11.8 Å². The molecule has 1 saturated heterocycles. The number of rotatable bonds is 2. The first-order valence-electron chi connectivity index (χ1n) is 5.19. The minimum Gasteiger partial charge on any atom is -0.508 e. The third kappa shape index (κ3) is 2.67. The Morgan fingerprint density at radius 1 is 1.53 bits per heavy atom. The third-order valence-corrected chi connectivity index (χ3v) is 4.19. The molecule has 0 aromatic heterocycles. The van der Waals surface area contributed by atoms with Crippen LogP contribution in [0.1, 0.15) is 18.9 Å². The Bertz CT molecular complexity index is 353. The van der Waals surface area contributed by atoms with Gasteiger partial charge in [0.25, 0.3) is 0 Å². The molecule has 2 unspecified atom stereocenters. The average molecular weight is 224 g/mol. The van der Waals surface area contributed by atoms with E-state index in [0.717, 1.165) is 17.7 Å². The first-order chi connectivity index (χ1) is 7.07. The summed E-state index contributed by atoms with van der Waals surface area (Å²) < 4.78 is 0. The molecule has 1 aromatic carbocycles. The zero-order chi connectivity index (χ0) is 10.9. The number of hydrogen-bond donors (Lipinski definition) is 2. The fraction of sp³-hybridized carbons (Fsp3) is 0.500. The van der Waals surface area contributed by atoms with Crippen LogP contribution in [0.15, 0.2) is 24.3 Å². The number of hydrogen-bond acceptors (Lipinski definition) is 3. The highest BCUT2D eigenvalue weighted by molar-refractivity contribution is 8.00. The maximum absolute atomic E-state index is 10.3. The van der Waals surface area contributed by atoms with Crippen LogP contribution in [0.2, 0.25) is 0 Å². The van der Waals surface area contributed by atoms with Crippen LogP contribution in [0.4, 0.5) is 0 Å². The summed E-state index contributed by atoms with van der Waals surface area (Å²) in [6.45, 7) is 2.14. The lowest BCUT2D eigenvalue weighted by Gasteiger charge is -2.21. The van der Waals surface area contributed by atoms with Crippen LogP contribution in [0.5, 0.6) is 5.75 Å². The van der Waals surface area contributed by atoms with Crippen molar-refractivity contribution in [2.45, 2.75) is 30.6 Å². The van der Waals surface area contributed by atoms with Gasteiger partial charge in [0.2, 0.25) is 0 Å². The van der Waals surface area contributed by atoms with Gasteiger partial charge in [-0.3, -0.25) is 0 Å². The van der Waals surface area contributed by atoms with Crippen molar-refractivity contribution in [1.29, 1.82) is 0 Å². The Hall–Kier alpha value is -0.670. The molecular weight excluding hydrogens is 208 g/mol. The number of aliphatic hydroxyl groups is 1. The van der Waals surface area contributed by atoms with Gasteiger partial charge in [0.15, 0.2) is 0 Å². The summed E-state index contributed by atoms with van der Waals surface area (Å²) >= 11 is 1.82. The standard InChI is InChI=1S/C12H16O2S/c1-9-6-12(14,8-15-9)7-10-3-2-4-11(13)5-10/h2-5,9,13-14H,6-8H2,1H3. The molecule has 0 amide bonds. The second kappa shape index (κ2) is 4.06. The molecule has 3 heteroatoms. The van der Waals surface area contributed by atoms with E-state index < -0.39 is 5.60 Å². The topological polar surface area (TPSA) is 40.5 Å². The highest BCUT2D eigenvalue weighted by Gasteiger charge is 2.35. The van der Waals surface area contributed by atoms with Gasteiger partial charge in [-0.1, -0.05) is 19.1 Å². The first kappa shape index (κ1) is 10.8. The molecule has 2 nitrogen and oxygen atoms in total. The quantitative estimate of drug-likeness (QED) is 0.809. The molecule has 1 fully saturated rings. The van der Waals surface area contributed by atoms with Crippen LogP contribution < -0.4 is 0 Å². The third-order valence-electron chi connectivity index (χ3n) is 2.75. The minimum absolute atomic E-state index is 0.273. The number of thioether (sulfide) groups is 1. The monoisotopic (exact) mass is 224 g/mol. The molecule has 15 heavy (non-hydrogen) atoms. The van der Waals surface area contributed by atoms with Gasteiger partial charge in [-0.25, -0.2) is 0 Å². The maximum atomic E-state index is 10.3. The second-order valence-corrected chi connectivity index (χ2v) is 5.82. The first-order valence-corrected chi connectivity index (χ1v) is 6.24. The maximum Gasteiger partial charge on any atom is 0.115 e. The molecule has 0 aliphatic carbocycles. The Morgan fingerprint density at radius 2 is 2.33 bits per heavy atom. The predicted molar refractivity (Wildman–Crippen MR) is 63.3 cm³/mol. The van der Waals surface area contributed by atoms with E-state index in [-0.39, 0.29) is 5.75 Å². The van der Waals surface area contributed by atoms with Gasteiger partial charge in [-0.05, 0) is 24.1 Å². The summed E-state index contributed by atoms with van der Waals surface area (Å²) in [7, 11) is 0. The van der Waals surface area contributed by atoms with Crippen LogP contribution in [-0.4, -0.2) is 26.8 Å². The summed E-state index contributed by atoms with van der Waals surface area (Å²) in [5.74, 6) is 1.07. The summed E-state index contributed by atoms with van der Waals surface area (Å²) in [6, 6.07) is 7.15. The van der Waals surface area contributed by atoms with Crippen molar-refractivity contribution in [2.24, 2.45) is 0 Å². The van der Waals surface area contributed by atoms with Crippen molar-refractivity contribution in [2.75, 3.05) is 5.75 Å². The molecule has 2 atom stereocenters. The van der Waals surface area contributed by atoms with Crippen molar-refractivity contribution in [3.05, 3.63) is 29.8 Å². The van der Waals surface area contributed by atoms with Gasteiger partial charge in [0.05, 0.1) is 5.60 Å². The molecule has 82 valence electrons. The van der Waals surface area contributed by atoms with E-state index in [1.54, 1.807) is 12.1 Å². The molecule has 0 saturated carbocycles. The smallest absolute Gasteiger partial charge is 0.115 e. The SMILES string of the molecule is CC1CC(O)(Cc2cccc(O)c2)CS1. The molecule has 0 spiro atoms. The van der Waals surface area contributed by atoms with Crippen LogP contribution in [0.25, 0.3) is 0 Å². The summed E-state index contributed by atoms with van der Waals surface area (Å²) in [5, 5.41) is 20.2. The van der Waals surface area contributed by atoms with Gasteiger partial charge < -0.3 is 10.2 Å². The van der Waals surface area contributed by atoms with Gasteiger partial charge >= 0.3 is 0 Å². The molecule has 1 aliphatic heterocycles. The minimum atomic E-state index is -0.585. The molecule has 1 aromatic rings. The number of aromatic hydroxyl groups is 1. The fourth-order valence-corrected chi connectivity index (χ4v) is 3.36. The Balaban J connectivity index is 2.08. The van der Waals surface area contributed by atoms with E-state index >= 15 is 0 Å². The van der Waals surface area contributed by atoms with Crippen molar-refractivity contribution in [1.82, 2.24) is 0 Å². The normalized spacial score (nSPS) is 30.7. The van der Waals surface area contributed by atoms with Crippen molar-refractivity contribution in [3.63, 3.8) is 0 Å². The van der Waals surface area contributed by atoms with Gasteiger partial charge in [-0.2, -0.15) is 11.8 Å². The molecule has 0 radical (unpaired) electrons. The van der Waals surface area contributed by atoms with Gasteiger partial charge in [0.1, 0.15) is 5.75 Å². The van der Waals surface area contributed by atoms with E-state index in [9.17, 15) is 10.2 Å². The van der Waals surface area contributed by atoms with Crippen molar-refractivity contribution < 1.29 is 10.2 Å². The van der Waals surface area contributed by atoms with Crippen molar-refractivity contribution in [3.8, 4) is 5.75 Å². The number of phenols is 1. The van der Waals surface area contributed by atoms with Gasteiger partial charge in [-0.15, -0.1) is 0 Å². The lowest BCUT2D eigenvalue weighted by Crippen LogP contribution is -2.31. The van der Waals surface area contributed by atoms with Crippen molar-refractivity contribution >= 4 is 11.8 Å². The zero-order valence-electron chi connectivity index (χ0n) is 8.81.